The third-order valence-electron chi connectivity index (χ3n) is 4.56. The molecule has 152 valence electrons. The lowest BCUT2D eigenvalue weighted by Gasteiger charge is -2.27. The first-order valence-corrected chi connectivity index (χ1v) is 10.4. The maximum absolute atomic E-state index is 13.1. The third-order valence-corrected chi connectivity index (χ3v) is 5.63. The highest BCUT2D eigenvalue weighted by Crippen LogP contribution is 2.42. The number of hydrogen-bond donors (Lipinski definition) is 1. The summed E-state index contributed by atoms with van der Waals surface area (Å²) in [5, 5.41) is 3.52. The van der Waals surface area contributed by atoms with E-state index in [9.17, 15) is 9.59 Å². The smallest absolute Gasteiger partial charge is 0.262 e. The highest BCUT2D eigenvalue weighted by Gasteiger charge is 2.29. The Hall–Kier alpha value is -3.32. The lowest BCUT2D eigenvalue weighted by atomic mass is 10.1. The zero-order valence-electron chi connectivity index (χ0n) is 16.7. The Bertz CT molecular complexity index is 1090. The fourth-order valence-corrected chi connectivity index (χ4v) is 4.27. The summed E-state index contributed by atoms with van der Waals surface area (Å²) < 4.78 is 5.50. The molecule has 1 aliphatic heterocycles. The number of pyridine rings is 1. The van der Waals surface area contributed by atoms with Crippen LogP contribution in [0, 0.1) is 0 Å². The third kappa shape index (κ3) is 4.16. The molecule has 2 amide bonds. The van der Waals surface area contributed by atoms with Gasteiger partial charge in [0.05, 0.1) is 11.3 Å². The normalized spacial score (nSPS) is 12.8. The summed E-state index contributed by atoms with van der Waals surface area (Å²) in [5.74, 6) is 0.305. The highest BCUT2D eigenvalue weighted by atomic mass is 32.2. The lowest BCUT2D eigenvalue weighted by Crippen LogP contribution is -2.37. The Morgan fingerprint density at radius 1 is 1.13 bits per heavy atom. The summed E-state index contributed by atoms with van der Waals surface area (Å²) in [5.41, 5.74) is 2.02. The second kappa shape index (κ2) is 8.59. The second-order valence-electron chi connectivity index (χ2n) is 7.06. The SMILES string of the molecule is CC(C)N1C(=O)c2cccnc2Sc2cc(NC(=O)COc3ccccc3)ccc21. The van der Waals surface area contributed by atoms with Crippen LogP contribution in [0.5, 0.6) is 5.75 Å². The van der Waals surface area contributed by atoms with Gasteiger partial charge in [0.1, 0.15) is 10.8 Å². The van der Waals surface area contributed by atoms with Crippen LogP contribution >= 0.6 is 11.8 Å². The Morgan fingerprint density at radius 2 is 1.93 bits per heavy atom. The van der Waals surface area contributed by atoms with Crippen molar-refractivity contribution in [2.75, 3.05) is 16.8 Å². The van der Waals surface area contributed by atoms with E-state index in [-0.39, 0.29) is 24.5 Å². The van der Waals surface area contributed by atoms with Crippen molar-refractivity contribution in [1.29, 1.82) is 0 Å². The molecule has 0 saturated heterocycles. The minimum atomic E-state index is -0.257. The summed E-state index contributed by atoms with van der Waals surface area (Å²) >= 11 is 1.42. The number of benzene rings is 2. The molecule has 0 bridgehead atoms. The second-order valence-corrected chi connectivity index (χ2v) is 8.09. The molecule has 2 heterocycles. The Kier molecular flexibility index (Phi) is 5.72. The molecule has 1 aromatic heterocycles. The van der Waals surface area contributed by atoms with Gasteiger partial charge >= 0.3 is 0 Å². The molecule has 0 radical (unpaired) electrons. The molecule has 1 aliphatic rings. The highest BCUT2D eigenvalue weighted by molar-refractivity contribution is 7.99. The minimum Gasteiger partial charge on any atom is -0.484 e. The Morgan fingerprint density at radius 3 is 2.70 bits per heavy atom. The van der Waals surface area contributed by atoms with Gasteiger partial charge in [-0.1, -0.05) is 30.0 Å². The number of carbonyl (C=O) groups is 2. The van der Waals surface area contributed by atoms with Gasteiger partial charge in [0.25, 0.3) is 11.8 Å². The van der Waals surface area contributed by atoms with Gasteiger partial charge in [-0.2, -0.15) is 0 Å². The average Bonchev–Trinajstić information content (AvgIpc) is 2.86. The van der Waals surface area contributed by atoms with Crippen LogP contribution < -0.4 is 15.0 Å². The van der Waals surface area contributed by atoms with Crippen LogP contribution in [0.4, 0.5) is 11.4 Å². The number of nitrogens with one attached hydrogen (secondary N) is 1. The monoisotopic (exact) mass is 419 g/mol. The number of amides is 2. The number of ether oxygens (including phenoxy) is 1. The molecule has 3 aromatic rings. The summed E-state index contributed by atoms with van der Waals surface area (Å²) in [4.78, 5) is 32.4. The number of anilines is 2. The van der Waals surface area contributed by atoms with Gasteiger partial charge in [-0.05, 0) is 56.3 Å². The van der Waals surface area contributed by atoms with E-state index in [1.165, 1.54) is 11.8 Å². The summed E-state index contributed by atoms with van der Waals surface area (Å²) in [7, 11) is 0. The van der Waals surface area contributed by atoms with Crippen LogP contribution in [-0.4, -0.2) is 29.4 Å². The van der Waals surface area contributed by atoms with Crippen molar-refractivity contribution >= 4 is 35.0 Å². The van der Waals surface area contributed by atoms with Crippen molar-refractivity contribution < 1.29 is 14.3 Å². The van der Waals surface area contributed by atoms with Crippen molar-refractivity contribution in [3.63, 3.8) is 0 Å². The Labute approximate surface area is 179 Å². The van der Waals surface area contributed by atoms with E-state index < -0.39 is 0 Å². The van der Waals surface area contributed by atoms with Gasteiger partial charge in [-0.15, -0.1) is 0 Å². The largest absolute Gasteiger partial charge is 0.484 e. The van der Waals surface area contributed by atoms with E-state index in [1.807, 2.05) is 44.2 Å². The summed E-state index contributed by atoms with van der Waals surface area (Å²) in [6, 6.07) is 18.3. The molecule has 2 aromatic carbocycles. The number of fused-ring (bicyclic) bond motifs is 2. The summed E-state index contributed by atoms with van der Waals surface area (Å²) in [6.07, 6.45) is 1.68. The first-order valence-electron chi connectivity index (χ1n) is 9.61. The van der Waals surface area contributed by atoms with Gasteiger partial charge in [-0.25, -0.2) is 4.98 Å². The molecule has 0 unspecified atom stereocenters. The van der Waals surface area contributed by atoms with Crippen molar-refractivity contribution in [3.05, 3.63) is 72.4 Å². The molecule has 0 aliphatic carbocycles. The number of rotatable bonds is 5. The molecule has 0 saturated carbocycles. The maximum atomic E-state index is 13.1. The number of para-hydroxylation sites is 1. The van der Waals surface area contributed by atoms with Crippen LogP contribution in [0.3, 0.4) is 0 Å². The van der Waals surface area contributed by atoms with E-state index in [1.54, 1.807) is 41.4 Å². The van der Waals surface area contributed by atoms with E-state index in [4.69, 9.17) is 4.74 Å². The fraction of sp³-hybridized carbons (Fsp3) is 0.174. The van der Waals surface area contributed by atoms with Crippen molar-refractivity contribution in [2.45, 2.75) is 29.8 Å². The first kappa shape index (κ1) is 20.0. The van der Waals surface area contributed by atoms with E-state index >= 15 is 0 Å². The quantitative estimate of drug-likeness (QED) is 0.653. The van der Waals surface area contributed by atoms with Crippen molar-refractivity contribution in [2.24, 2.45) is 0 Å². The van der Waals surface area contributed by atoms with Crippen LogP contribution in [0.25, 0.3) is 0 Å². The van der Waals surface area contributed by atoms with Crippen molar-refractivity contribution in [3.8, 4) is 5.75 Å². The lowest BCUT2D eigenvalue weighted by molar-refractivity contribution is -0.118. The van der Waals surface area contributed by atoms with Gasteiger partial charge in [0.15, 0.2) is 6.61 Å². The number of hydrogen-bond acceptors (Lipinski definition) is 5. The van der Waals surface area contributed by atoms with Crippen LogP contribution in [0.1, 0.15) is 24.2 Å². The number of aromatic nitrogens is 1. The maximum Gasteiger partial charge on any atom is 0.262 e. The van der Waals surface area contributed by atoms with Gasteiger partial charge in [0.2, 0.25) is 0 Å². The fourth-order valence-electron chi connectivity index (χ4n) is 3.23. The van der Waals surface area contributed by atoms with Crippen LogP contribution in [0.15, 0.2) is 76.8 Å². The zero-order chi connectivity index (χ0) is 21.1. The van der Waals surface area contributed by atoms with Gasteiger partial charge in [-0.3, -0.25) is 9.59 Å². The van der Waals surface area contributed by atoms with Gasteiger partial charge < -0.3 is 15.0 Å². The molecular formula is C23H21N3O3S. The minimum absolute atomic E-state index is 0.0253. The average molecular weight is 420 g/mol. The zero-order valence-corrected chi connectivity index (χ0v) is 17.5. The molecule has 0 spiro atoms. The predicted molar refractivity (Wildman–Crippen MR) is 117 cm³/mol. The molecule has 0 fully saturated rings. The molecule has 7 heteroatoms. The standard InChI is InChI=1S/C23H21N3O3S/c1-15(2)26-19-11-10-16(25-21(27)14-29-17-7-4-3-5-8-17)13-20(19)30-22-18(23(26)28)9-6-12-24-22/h3-13,15H,14H2,1-2H3,(H,25,27). The van der Waals surface area contributed by atoms with E-state index in [2.05, 4.69) is 10.3 Å². The number of nitrogens with zero attached hydrogens (tertiary/aromatic N) is 2. The number of carbonyl (C=O) groups excluding carboxylic acids is 2. The molecular weight excluding hydrogens is 398 g/mol. The van der Waals surface area contributed by atoms with Crippen LogP contribution in [-0.2, 0) is 4.79 Å². The van der Waals surface area contributed by atoms with Crippen LogP contribution in [0.2, 0.25) is 0 Å². The van der Waals surface area contributed by atoms with Gasteiger partial charge in [0, 0.05) is 22.8 Å². The van der Waals surface area contributed by atoms with Crippen molar-refractivity contribution in [1.82, 2.24) is 4.98 Å². The molecule has 4 rings (SSSR count). The molecule has 6 nitrogen and oxygen atoms in total. The van der Waals surface area contributed by atoms with E-state index in [0.29, 0.717) is 22.0 Å². The van der Waals surface area contributed by atoms with E-state index in [0.717, 1.165) is 10.6 Å². The molecule has 0 atom stereocenters. The summed E-state index contributed by atoms with van der Waals surface area (Å²) in [6.45, 7) is 3.86. The molecule has 1 N–H and O–H groups in total. The Balaban J connectivity index is 1.57. The molecule has 30 heavy (non-hydrogen) atoms. The topological polar surface area (TPSA) is 71.5 Å². The first-order chi connectivity index (χ1) is 14.5. The predicted octanol–water partition coefficient (Wildman–Crippen LogP) is 4.62.